The molecule has 1 N–H and O–H groups in total. The lowest BCUT2D eigenvalue weighted by Crippen LogP contribution is -2.47. The minimum atomic E-state index is -4.74. The van der Waals surface area contributed by atoms with Crippen LogP contribution in [-0.4, -0.2) is 56.9 Å². The first-order valence-electron chi connectivity index (χ1n) is 10.9. The van der Waals surface area contributed by atoms with Gasteiger partial charge in [-0.05, 0) is 44.4 Å². The molecular weight excluding hydrogens is 490 g/mol. The maximum atomic E-state index is 14.0. The molecule has 1 unspecified atom stereocenters. The third-order valence-electron chi connectivity index (χ3n) is 7.22. The van der Waals surface area contributed by atoms with Gasteiger partial charge in [-0.15, -0.1) is 10.2 Å². The predicted molar refractivity (Wildman–Crippen MR) is 120 cm³/mol. The molecule has 2 aliphatic heterocycles. The molecule has 2 atom stereocenters. The molecule has 0 spiro atoms. The Balaban J connectivity index is 1.29. The van der Waals surface area contributed by atoms with Crippen LogP contribution in [0, 0.1) is 5.41 Å². The van der Waals surface area contributed by atoms with E-state index in [0.29, 0.717) is 18.4 Å². The molecule has 0 bridgehead atoms. The van der Waals surface area contributed by atoms with Gasteiger partial charge in [0.05, 0.1) is 12.1 Å². The molecule has 4 aliphatic rings. The van der Waals surface area contributed by atoms with Gasteiger partial charge in [0.25, 0.3) is 0 Å². The Morgan fingerprint density at radius 1 is 1.26 bits per heavy atom. The zero-order chi connectivity index (χ0) is 24.8. The molecule has 2 aromatic heterocycles. The number of amidine groups is 1. The van der Waals surface area contributed by atoms with Gasteiger partial charge in [0.2, 0.25) is 5.91 Å². The van der Waals surface area contributed by atoms with Crippen molar-refractivity contribution in [3.8, 4) is 0 Å². The number of nitrogens with zero attached hydrogens (tertiary/aromatic N) is 6. The SMILES string of the molecule is CC1(F)C=NC(c2cc(NC(=O)[C@H]3CC45CC4(C5)N3c3ccc(Cl)nn3)ncc2C(F)(F)F)=NC1. The number of amides is 1. The summed E-state index contributed by atoms with van der Waals surface area (Å²) in [7, 11) is 0. The standard InChI is InChI=1S/C22H18ClF4N7O/c1-19(24)9-29-17(30-10-19)11-4-15(28-6-12(11)22(25,26)27)31-18(35)13-5-20-7-21(20,8-20)34(13)16-3-2-14(23)32-33-16/h2-4,6,9,13H,5,7-8,10H2,1H3,(H,28,31,35)/t13-,19?,20?,21?/m1/s1. The Bertz CT molecular complexity index is 1300. The van der Waals surface area contributed by atoms with E-state index in [1.165, 1.54) is 6.92 Å². The number of piperidine rings is 2. The summed E-state index contributed by atoms with van der Waals surface area (Å²) in [6.45, 7) is 0.864. The zero-order valence-electron chi connectivity index (χ0n) is 18.3. The highest BCUT2D eigenvalue weighted by atomic mass is 35.5. The Morgan fingerprint density at radius 3 is 2.66 bits per heavy atom. The van der Waals surface area contributed by atoms with E-state index in [4.69, 9.17) is 11.6 Å². The molecule has 35 heavy (non-hydrogen) atoms. The number of pyridine rings is 1. The Kier molecular flexibility index (Phi) is 4.44. The summed E-state index contributed by atoms with van der Waals surface area (Å²) < 4.78 is 54.9. The maximum Gasteiger partial charge on any atom is 0.418 e. The molecule has 4 heterocycles. The van der Waals surface area contributed by atoms with Crippen LogP contribution in [0.2, 0.25) is 5.15 Å². The van der Waals surface area contributed by atoms with Crippen LogP contribution in [0.4, 0.5) is 29.2 Å². The van der Waals surface area contributed by atoms with Crippen LogP contribution >= 0.6 is 11.6 Å². The number of hydrogen-bond acceptors (Lipinski definition) is 7. The fraction of sp³-hybridized carbons (Fsp3) is 0.455. The zero-order valence-corrected chi connectivity index (χ0v) is 19.0. The van der Waals surface area contributed by atoms with Gasteiger partial charge in [-0.25, -0.2) is 14.4 Å². The number of carbonyl (C=O) groups is 1. The number of halogens is 5. The van der Waals surface area contributed by atoms with Gasteiger partial charge >= 0.3 is 6.18 Å². The number of anilines is 2. The van der Waals surface area contributed by atoms with E-state index in [2.05, 4.69) is 30.5 Å². The van der Waals surface area contributed by atoms with Crippen LogP contribution in [0.3, 0.4) is 0 Å². The molecule has 0 aromatic carbocycles. The molecule has 1 saturated heterocycles. The van der Waals surface area contributed by atoms with Gasteiger partial charge in [0.15, 0.2) is 22.5 Å². The Labute approximate surface area is 201 Å². The first-order chi connectivity index (χ1) is 16.4. The van der Waals surface area contributed by atoms with Crippen LogP contribution in [0.15, 0.2) is 34.4 Å². The third kappa shape index (κ3) is 3.48. The molecule has 13 heteroatoms. The molecular formula is C22H18ClF4N7O. The van der Waals surface area contributed by atoms with Crippen molar-refractivity contribution in [2.45, 2.75) is 49.6 Å². The molecule has 182 valence electrons. The van der Waals surface area contributed by atoms with Crippen LogP contribution in [-0.2, 0) is 11.0 Å². The summed E-state index contributed by atoms with van der Waals surface area (Å²) >= 11 is 5.85. The minimum Gasteiger partial charge on any atom is -0.337 e. The predicted octanol–water partition coefficient (Wildman–Crippen LogP) is 3.85. The number of hydrogen-bond donors (Lipinski definition) is 1. The number of alkyl halides is 4. The fourth-order valence-corrected chi connectivity index (χ4v) is 5.43. The summed E-state index contributed by atoms with van der Waals surface area (Å²) in [5, 5.41) is 10.9. The van der Waals surface area contributed by atoms with Gasteiger partial charge < -0.3 is 10.2 Å². The van der Waals surface area contributed by atoms with Gasteiger partial charge in [-0.2, -0.15) is 13.2 Å². The summed E-state index contributed by atoms with van der Waals surface area (Å²) in [6.07, 6.45) is -0.673. The molecule has 2 aliphatic carbocycles. The highest BCUT2D eigenvalue weighted by Crippen LogP contribution is 2.87. The van der Waals surface area contributed by atoms with Crippen molar-refractivity contribution in [1.29, 1.82) is 0 Å². The number of aromatic nitrogens is 3. The smallest absolute Gasteiger partial charge is 0.337 e. The number of aliphatic imine (C=N–C) groups is 2. The summed E-state index contributed by atoms with van der Waals surface area (Å²) in [6, 6.07) is 3.77. The van der Waals surface area contributed by atoms with E-state index >= 15 is 0 Å². The van der Waals surface area contributed by atoms with Gasteiger partial charge in [-0.3, -0.25) is 9.79 Å². The molecule has 8 nitrogen and oxygen atoms in total. The van der Waals surface area contributed by atoms with E-state index in [0.717, 1.165) is 25.1 Å². The highest BCUT2D eigenvalue weighted by Gasteiger charge is 2.90. The monoisotopic (exact) mass is 507 g/mol. The average molecular weight is 508 g/mol. The van der Waals surface area contributed by atoms with Crippen molar-refractivity contribution in [3.05, 3.63) is 40.7 Å². The van der Waals surface area contributed by atoms with E-state index in [9.17, 15) is 22.4 Å². The third-order valence-corrected chi connectivity index (χ3v) is 7.42. The summed E-state index contributed by atoms with van der Waals surface area (Å²) in [5.74, 6) is -0.260. The second-order valence-corrected chi connectivity index (χ2v) is 10.1. The topological polar surface area (TPSA) is 95.7 Å². The minimum absolute atomic E-state index is 0.0691. The van der Waals surface area contributed by atoms with Crippen molar-refractivity contribution >= 4 is 41.2 Å². The van der Waals surface area contributed by atoms with Gasteiger partial charge in [0, 0.05) is 28.9 Å². The summed E-state index contributed by atoms with van der Waals surface area (Å²) in [5.41, 5.74) is -3.36. The molecule has 2 aromatic rings. The highest BCUT2D eigenvalue weighted by molar-refractivity contribution is 6.29. The average Bonchev–Trinajstić information content (AvgIpc) is 3.55. The molecule has 1 amide bonds. The molecule has 6 rings (SSSR count). The first-order valence-corrected chi connectivity index (χ1v) is 11.3. The maximum absolute atomic E-state index is 14.0. The van der Waals surface area contributed by atoms with Crippen molar-refractivity contribution in [1.82, 2.24) is 15.2 Å². The van der Waals surface area contributed by atoms with E-state index in [-0.39, 0.29) is 39.9 Å². The van der Waals surface area contributed by atoms with E-state index < -0.39 is 29.4 Å². The number of nitrogens with one attached hydrogen (secondary N) is 1. The van der Waals surface area contributed by atoms with Crippen molar-refractivity contribution in [2.75, 3.05) is 16.8 Å². The van der Waals surface area contributed by atoms with Gasteiger partial charge in [0.1, 0.15) is 11.9 Å². The van der Waals surface area contributed by atoms with E-state index in [1.807, 2.05) is 4.90 Å². The fourth-order valence-electron chi connectivity index (χ4n) is 5.33. The second kappa shape index (κ2) is 6.96. The van der Waals surface area contributed by atoms with Crippen molar-refractivity contribution in [3.63, 3.8) is 0 Å². The second-order valence-electron chi connectivity index (χ2n) is 9.75. The Morgan fingerprint density at radius 2 is 2.03 bits per heavy atom. The molecule has 2 saturated carbocycles. The molecule has 3 fully saturated rings. The lowest BCUT2D eigenvalue weighted by molar-refractivity contribution is -0.137. The van der Waals surface area contributed by atoms with Crippen LogP contribution in [0.25, 0.3) is 0 Å². The summed E-state index contributed by atoms with van der Waals surface area (Å²) in [4.78, 5) is 26.7. The van der Waals surface area contributed by atoms with Crippen LogP contribution < -0.4 is 10.2 Å². The van der Waals surface area contributed by atoms with Gasteiger partial charge in [-0.1, -0.05) is 11.6 Å². The molecule has 0 radical (unpaired) electrons. The number of carbonyl (C=O) groups excluding carboxylic acids is 1. The Hall–Kier alpha value is -3.15. The van der Waals surface area contributed by atoms with Crippen molar-refractivity contribution in [2.24, 2.45) is 15.4 Å². The van der Waals surface area contributed by atoms with Crippen LogP contribution in [0.1, 0.15) is 37.3 Å². The quantitative estimate of drug-likeness (QED) is 0.634. The number of rotatable bonds is 4. The van der Waals surface area contributed by atoms with Crippen LogP contribution in [0.5, 0.6) is 0 Å². The van der Waals surface area contributed by atoms with Crippen molar-refractivity contribution < 1.29 is 22.4 Å². The normalized spacial score (nSPS) is 32.6. The largest absolute Gasteiger partial charge is 0.418 e. The lowest BCUT2D eigenvalue weighted by atomic mass is 10.00. The van der Waals surface area contributed by atoms with E-state index in [1.54, 1.807) is 12.1 Å². The lowest BCUT2D eigenvalue weighted by Gasteiger charge is -2.33. The first kappa shape index (κ1) is 22.3.